The minimum absolute atomic E-state index is 0.187. The summed E-state index contributed by atoms with van der Waals surface area (Å²) in [6, 6.07) is 11.6. The summed E-state index contributed by atoms with van der Waals surface area (Å²) in [6.07, 6.45) is 1.61. The van der Waals surface area contributed by atoms with Gasteiger partial charge in [0.05, 0.1) is 5.02 Å². The zero-order valence-corrected chi connectivity index (χ0v) is 16.9. The Balaban J connectivity index is 1.53. The molecule has 27 heavy (non-hydrogen) atoms. The molecule has 0 unspecified atom stereocenters. The van der Waals surface area contributed by atoms with Gasteiger partial charge in [-0.15, -0.1) is 11.3 Å². The molecule has 3 aromatic rings. The van der Waals surface area contributed by atoms with Crippen LogP contribution in [0.3, 0.4) is 0 Å². The van der Waals surface area contributed by atoms with Crippen LogP contribution in [0, 0.1) is 0 Å². The van der Waals surface area contributed by atoms with E-state index in [0.29, 0.717) is 27.2 Å². The Morgan fingerprint density at radius 2 is 1.93 bits per heavy atom. The highest BCUT2D eigenvalue weighted by molar-refractivity contribution is 9.10. The van der Waals surface area contributed by atoms with Crippen LogP contribution in [-0.4, -0.2) is 23.4 Å². The van der Waals surface area contributed by atoms with Crippen LogP contribution in [0.15, 0.2) is 58.5 Å². The molecule has 138 valence electrons. The zero-order chi connectivity index (χ0) is 19.2. The van der Waals surface area contributed by atoms with Gasteiger partial charge < -0.3 is 10.1 Å². The maximum Gasteiger partial charge on any atom is 0.262 e. The molecule has 0 radical (unpaired) electrons. The van der Waals surface area contributed by atoms with Crippen molar-refractivity contribution in [3.8, 4) is 5.75 Å². The number of hydrogen-bond acceptors (Lipinski definition) is 5. The quantitative estimate of drug-likeness (QED) is 0.545. The molecule has 1 heterocycles. The Hall–Kier alpha value is -2.42. The molecule has 0 fully saturated rings. The largest absolute Gasteiger partial charge is 0.482 e. The first-order valence-electron chi connectivity index (χ1n) is 7.70. The first-order chi connectivity index (χ1) is 13.0. The van der Waals surface area contributed by atoms with Crippen LogP contribution in [0.4, 0.5) is 10.8 Å². The zero-order valence-electron chi connectivity index (χ0n) is 13.7. The van der Waals surface area contributed by atoms with Crippen molar-refractivity contribution in [2.24, 2.45) is 0 Å². The fraction of sp³-hybridized carbons (Fsp3) is 0.0556. The molecule has 0 aliphatic heterocycles. The topological polar surface area (TPSA) is 80.3 Å². The summed E-state index contributed by atoms with van der Waals surface area (Å²) in [5, 5.41) is 8.10. The molecule has 0 aliphatic rings. The number of benzene rings is 2. The van der Waals surface area contributed by atoms with E-state index in [0.717, 1.165) is 4.47 Å². The van der Waals surface area contributed by atoms with Crippen molar-refractivity contribution in [1.82, 2.24) is 4.98 Å². The molecule has 3 rings (SSSR count). The van der Waals surface area contributed by atoms with Crippen LogP contribution in [0.25, 0.3) is 0 Å². The maximum absolute atomic E-state index is 12.1. The Bertz CT molecular complexity index is 949. The van der Waals surface area contributed by atoms with E-state index in [9.17, 15) is 9.59 Å². The fourth-order valence-electron chi connectivity index (χ4n) is 2.09. The van der Waals surface area contributed by atoms with Gasteiger partial charge in [-0.2, -0.15) is 0 Å². The number of amides is 2. The Kier molecular flexibility index (Phi) is 6.44. The molecule has 2 amide bonds. The first-order valence-corrected chi connectivity index (χ1v) is 9.75. The number of nitrogens with one attached hydrogen (secondary N) is 2. The average Bonchev–Trinajstić information content (AvgIpc) is 3.14. The van der Waals surface area contributed by atoms with Gasteiger partial charge in [-0.1, -0.05) is 27.5 Å². The second kappa shape index (κ2) is 8.98. The number of carbonyl (C=O) groups is 2. The Morgan fingerprint density at radius 3 is 2.59 bits per heavy atom. The second-order valence-corrected chi connectivity index (χ2v) is 7.50. The number of carbonyl (C=O) groups excluding carboxylic acids is 2. The number of nitrogens with zero attached hydrogens (tertiary/aromatic N) is 1. The van der Waals surface area contributed by atoms with Gasteiger partial charge in [-0.25, -0.2) is 4.98 Å². The standard InChI is InChI=1S/C18H13BrClN3O3S/c19-12-3-6-15(14(20)9-12)26-10-16(24)22-13-4-1-11(2-5-13)17(25)23-18-21-7-8-27-18/h1-9H,10H2,(H,22,24)(H,21,23,25). The minimum Gasteiger partial charge on any atom is -0.482 e. The summed E-state index contributed by atoms with van der Waals surface area (Å²) in [6.45, 7) is -0.187. The molecule has 0 saturated heterocycles. The lowest BCUT2D eigenvalue weighted by molar-refractivity contribution is -0.118. The summed E-state index contributed by atoms with van der Waals surface area (Å²) in [4.78, 5) is 28.1. The van der Waals surface area contributed by atoms with Crippen molar-refractivity contribution in [1.29, 1.82) is 0 Å². The molecule has 6 nitrogen and oxygen atoms in total. The molecule has 2 aromatic carbocycles. The SMILES string of the molecule is O=C(COc1ccc(Br)cc1Cl)Nc1ccc(C(=O)Nc2nccs2)cc1. The van der Waals surface area contributed by atoms with Crippen LogP contribution in [0.1, 0.15) is 10.4 Å². The van der Waals surface area contributed by atoms with Gasteiger partial charge in [0.2, 0.25) is 0 Å². The summed E-state index contributed by atoms with van der Waals surface area (Å²) in [5.41, 5.74) is 1.01. The van der Waals surface area contributed by atoms with Crippen molar-refractivity contribution < 1.29 is 14.3 Å². The lowest BCUT2D eigenvalue weighted by Gasteiger charge is -2.09. The van der Waals surface area contributed by atoms with E-state index in [1.165, 1.54) is 11.3 Å². The maximum atomic E-state index is 12.1. The highest BCUT2D eigenvalue weighted by Gasteiger charge is 2.09. The van der Waals surface area contributed by atoms with Crippen LogP contribution in [-0.2, 0) is 4.79 Å². The van der Waals surface area contributed by atoms with Gasteiger partial charge >= 0.3 is 0 Å². The molecular formula is C18H13BrClN3O3S. The van der Waals surface area contributed by atoms with Crippen molar-refractivity contribution in [2.45, 2.75) is 0 Å². The van der Waals surface area contributed by atoms with E-state index in [2.05, 4.69) is 31.5 Å². The molecule has 2 N–H and O–H groups in total. The molecule has 0 aliphatic carbocycles. The lowest BCUT2D eigenvalue weighted by atomic mass is 10.2. The predicted molar refractivity (Wildman–Crippen MR) is 110 cm³/mol. The Morgan fingerprint density at radius 1 is 1.15 bits per heavy atom. The van der Waals surface area contributed by atoms with Gasteiger partial charge in [0.15, 0.2) is 11.7 Å². The summed E-state index contributed by atoms with van der Waals surface area (Å²) in [7, 11) is 0. The van der Waals surface area contributed by atoms with Crippen LogP contribution in [0.2, 0.25) is 5.02 Å². The van der Waals surface area contributed by atoms with Crippen LogP contribution >= 0.6 is 38.9 Å². The van der Waals surface area contributed by atoms with Crippen molar-refractivity contribution >= 4 is 61.5 Å². The average molecular weight is 467 g/mol. The normalized spacial score (nSPS) is 10.3. The molecule has 0 saturated carbocycles. The third kappa shape index (κ3) is 5.53. The fourth-order valence-corrected chi connectivity index (χ4v) is 3.34. The van der Waals surface area contributed by atoms with Gasteiger partial charge in [0.25, 0.3) is 11.8 Å². The number of ether oxygens (including phenoxy) is 1. The van der Waals surface area contributed by atoms with E-state index in [-0.39, 0.29) is 18.4 Å². The number of aromatic nitrogens is 1. The van der Waals surface area contributed by atoms with E-state index in [1.807, 2.05) is 0 Å². The van der Waals surface area contributed by atoms with Gasteiger partial charge in [-0.3, -0.25) is 14.9 Å². The number of anilines is 2. The number of halogens is 2. The van der Waals surface area contributed by atoms with E-state index in [4.69, 9.17) is 16.3 Å². The second-order valence-electron chi connectivity index (χ2n) is 5.28. The molecule has 0 atom stereocenters. The molecule has 9 heteroatoms. The lowest BCUT2D eigenvalue weighted by Crippen LogP contribution is -2.20. The van der Waals surface area contributed by atoms with Crippen LogP contribution < -0.4 is 15.4 Å². The van der Waals surface area contributed by atoms with Crippen molar-refractivity contribution in [3.63, 3.8) is 0 Å². The van der Waals surface area contributed by atoms with Crippen molar-refractivity contribution in [3.05, 3.63) is 69.1 Å². The number of hydrogen-bond donors (Lipinski definition) is 2. The number of rotatable bonds is 6. The number of thiazole rings is 1. The predicted octanol–water partition coefficient (Wildman–Crippen LogP) is 4.83. The minimum atomic E-state index is -0.339. The summed E-state index contributed by atoms with van der Waals surface area (Å²) in [5.74, 6) is -0.186. The van der Waals surface area contributed by atoms with E-state index in [1.54, 1.807) is 54.0 Å². The molecule has 1 aromatic heterocycles. The highest BCUT2D eigenvalue weighted by atomic mass is 79.9. The third-order valence-corrected chi connectivity index (χ3v) is 4.81. The van der Waals surface area contributed by atoms with E-state index >= 15 is 0 Å². The summed E-state index contributed by atoms with van der Waals surface area (Å²) < 4.78 is 6.23. The molecular weight excluding hydrogens is 454 g/mol. The molecule has 0 bridgehead atoms. The Labute approximate surface area is 172 Å². The van der Waals surface area contributed by atoms with Gasteiger partial charge in [0, 0.05) is 27.3 Å². The molecule has 0 spiro atoms. The van der Waals surface area contributed by atoms with Crippen LogP contribution in [0.5, 0.6) is 5.75 Å². The van der Waals surface area contributed by atoms with Gasteiger partial charge in [-0.05, 0) is 42.5 Å². The smallest absolute Gasteiger partial charge is 0.262 e. The summed E-state index contributed by atoms with van der Waals surface area (Å²) >= 11 is 10.7. The monoisotopic (exact) mass is 465 g/mol. The third-order valence-electron chi connectivity index (χ3n) is 3.34. The van der Waals surface area contributed by atoms with Crippen molar-refractivity contribution in [2.75, 3.05) is 17.2 Å². The van der Waals surface area contributed by atoms with E-state index < -0.39 is 0 Å². The first kappa shape index (κ1) is 19.3. The highest BCUT2D eigenvalue weighted by Crippen LogP contribution is 2.27. The van der Waals surface area contributed by atoms with Gasteiger partial charge in [0.1, 0.15) is 5.75 Å².